The molecule has 1 saturated heterocycles. The van der Waals surface area contributed by atoms with Crippen LogP contribution >= 0.6 is 0 Å². The maximum atomic E-state index is 13.5. The van der Waals surface area contributed by atoms with Gasteiger partial charge in [-0.1, -0.05) is 5.21 Å². The number of methoxy groups -OCH3 is 1. The fourth-order valence-electron chi connectivity index (χ4n) is 3.08. The van der Waals surface area contributed by atoms with Crippen molar-refractivity contribution >= 4 is 0 Å². The van der Waals surface area contributed by atoms with Gasteiger partial charge in [0.25, 0.3) is 0 Å². The summed E-state index contributed by atoms with van der Waals surface area (Å²) in [5.74, 6) is -0.209. The zero-order valence-corrected chi connectivity index (χ0v) is 13.1. The molecule has 0 amide bonds. The maximum absolute atomic E-state index is 13.5. The van der Waals surface area contributed by atoms with E-state index in [-0.39, 0.29) is 17.8 Å². The number of aromatic nitrogens is 3. The lowest BCUT2D eigenvalue weighted by molar-refractivity contribution is 0.0957. The molecule has 120 valence electrons. The van der Waals surface area contributed by atoms with E-state index in [1.807, 2.05) is 13.2 Å². The second kappa shape index (κ2) is 6.44. The van der Waals surface area contributed by atoms with Gasteiger partial charge in [0.2, 0.25) is 0 Å². The molecule has 0 bridgehead atoms. The molecule has 23 heavy (non-hydrogen) atoms. The monoisotopic (exact) mass is 315 g/mol. The summed E-state index contributed by atoms with van der Waals surface area (Å²) >= 11 is 0. The number of likely N-dealkylation sites (tertiary alicyclic amines) is 1. The SMILES string of the molecule is CO[C@@H]1CN(Cc2cc(F)ccc2C#N)C[C@H]1c1cn(C)nn1. The van der Waals surface area contributed by atoms with Crippen LogP contribution in [0.25, 0.3) is 0 Å². The second-order valence-corrected chi connectivity index (χ2v) is 5.81. The molecule has 0 saturated carbocycles. The first-order valence-corrected chi connectivity index (χ1v) is 7.40. The van der Waals surface area contributed by atoms with Gasteiger partial charge >= 0.3 is 0 Å². The summed E-state index contributed by atoms with van der Waals surface area (Å²) < 4.78 is 20.7. The number of nitriles is 1. The molecule has 2 aromatic rings. The molecule has 0 aliphatic carbocycles. The Bertz CT molecular complexity index is 738. The molecule has 1 aromatic carbocycles. The highest BCUT2D eigenvalue weighted by molar-refractivity contribution is 5.38. The van der Waals surface area contributed by atoms with Crippen molar-refractivity contribution in [2.75, 3.05) is 20.2 Å². The number of hydrogen-bond acceptors (Lipinski definition) is 5. The molecule has 0 spiro atoms. The highest BCUT2D eigenvalue weighted by atomic mass is 19.1. The Kier molecular flexibility index (Phi) is 4.37. The van der Waals surface area contributed by atoms with Gasteiger partial charge in [-0.3, -0.25) is 9.58 Å². The molecule has 3 rings (SSSR count). The molecule has 7 heteroatoms. The number of nitrogens with zero attached hydrogens (tertiary/aromatic N) is 5. The lowest BCUT2D eigenvalue weighted by Gasteiger charge is -2.16. The average molecular weight is 315 g/mol. The van der Waals surface area contributed by atoms with Gasteiger partial charge in [-0.05, 0) is 23.8 Å². The average Bonchev–Trinajstić information content (AvgIpc) is 3.13. The summed E-state index contributed by atoms with van der Waals surface area (Å²) in [6.07, 6.45) is 1.90. The Labute approximate surface area is 134 Å². The normalized spacial score (nSPS) is 21.5. The van der Waals surface area contributed by atoms with Gasteiger partial charge in [0, 0.05) is 45.9 Å². The number of aryl methyl sites for hydroxylation is 1. The summed E-state index contributed by atoms with van der Waals surface area (Å²) in [4.78, 5) is 2.16. The zero-order valence-electron chi connectivity index (χ0n) is 13.1. The molecule has 1 aliphatic rings. The van der Waals surface area contributed by atoms with Crippen LogP contribution in [0.15, 0.2) is 24.4 Å². The maximum Gasteiger partial charge on any atom is 0.123 e. The van der Waals surface area contributed by atoms with E-state index in [9.17, 15) is 9.65 Å². The molecule has 6 nitrogen and oxygen atoms in total. The van der Waals surface area contributed by atoms with Crippen molar-refractivity contribution in [2.24, 2.45) is 7.05 Å². The minimum Gasteiger partial charge on any atom is -0.379 e. The van der Waals surface area contributed by atoms with E-state index in [1.54, 1.807) is 11.8 Å². The third-order valence-electron chi connectivity index (χ3n) is 4.23. The van der Waals surface area contributed by atoms with Crippen molar-refractivity contribution in [1.29, 1.82) is 5.26 Å². The molecule has 0 N–H and O–H groups in total. The molecule has 1 fully saturated rings. The summed E-state index contributed by atoms with van der Waals surface area (Å²) in [7, 11) is 3.51. The van der Waals surface area contributed by atoms with Crippen molar-refractivity contribution in [3.05, 3.63) is 47.0 Å². The topological polar surface area (TPSA) is 67.0 Å². The second-order valence-electron chi connectivity index (χ2n) is 5.81. The van der Waals surface area contributed by atoms with Crippen LogP contribution < -0.4 is 0 Å². The first-order chi connectivity index (χ1) is 11.1. The number of rotatable bonds is 4. The van der Waals surface area contributed by atoms with E-state index in [4.69, 9.17) is 4.74 Å². The fourth-order valence-corrected chi connectivity index (χ4v) is 3.08. The van der Waals surface area contributed by atoms with E-state index in [0.29, 0.717) is 24.2 Å². The molecular weight excluding hydrogens is 297 g/mol. The quantitative estimate of drug-likeness (QED) is 0.854. The van der Waals surface area contributed by atoms with E-state index >= 15 is 0 Å². The van der Waals surface area contributed by atoms with Gasteiger partial charge in [0.15, 0.2) is 0 Å². The number of benzene rings is 1. The van der Waals surface area contributed by atoms with Crippen LogP contribution in [0.2, 0.25) is 0 Å². The summed E-state index contributed by atoms with van der Waals surface area (Å²) in [5.41, 5.74) is 2.09. The standard InChI is InChI=1S/C16H18FN5O/c1-21-9-15(19-20-21)14-8-22(10-16(14)23-2)7-12-5-13(17)4-3-11(12)6-18/h3-5,9,14,16H,7-8,10H2,1-2H3/t14-,16+/m0/s1. The van der Waals surface area contributed by atoms with Crippen LogP contribution in [0.3, 0.4) is 0 Å². The highest BCUT2D eigenvalue weighted by Crippen LogP contribution is 2.29. The molecule has 1 aliphatic heterocycles. The van der Waals surface area contributed by atoms with Crippen molar-refractivity contribution < 1.29 is 9.13 Å². The Hall–Kier alpha value is -2.30. The predicted octanol–water partition coefficient (Wildman–Crippen LogP) is 1.44. The highest BCUT2D eigenvalue weighted by Gasteiger charge is 2.35. The van der Waals surface area contributed by atoms with Crippen molar-refractivity contribution in [2.45, 2.75) is 18.6 Å². The van der Waals surface area contributed by atoms with Gasteiger partial charge < -0.3 is 4.74 Å². The number of hydrogen-bond donors (Lipinski definition) is 0. The summed E-state index contributed by atoms with van der Waals surface area (Å²) in [6, 6.07) is 6.38. The van der Waals surface area contributed by atoms with Crippen LogP contribution in [-0.2, 0) is 18.3 Å². The minimum absolute atomic E-state index is 0.00537. The van der Waals surface area contributed by atoms with Gasteiger partial charge in [0.05, 0.1) is 23.4 Å². The lowest BCUT2D eigenvalue weighted by Crippen LogP contribution is -2.23. The molecule has 2 heterocycles. The van der Waals surface area contributed by atoms with E-state index < -0.39 is 0 Å². The Balaban J connectivity index is 1.78. The van der Waals surface area contributed by atoms with Crippen LogP contribution in [0, 0.1) is 17.1 Å². The van der Waals surface area contributed by atoms with E-state index in [0.717, 1.165) is 12.2 Å². The molecular formula is C16H18FN5O. The molecule has 0 unspecified atom stereocenters. The Morgan fingerprint density at radius 1 is 1.43 bits per heavy atom. The first kappa shape index (κ1) is 15.6. The number of ether oxygens (including phenoxy) is 1. The van der Waals surface area contributed by atoms with Crippen LogP contribution in [0.1, 0.15) is 22.7 Å². The van der Waals surface area contributed by atoms with Gasteiger partial charge in [-0.2, -0.15) is 5.26 Å². The smallest absolute Gasteiger partial charge is 0.123 e. The Morgan fingerprint density at radius 3 is 2.91 bits per heavy atom. The third kappa shape index (κ3) is 3.23. The largest absolute Gasteiger partial charge is 0.379 e. The van der Waals surface area contributed by atoms with Gasteiger partial charge in [0.1, 0.15) is 5.82 Å². The predicted molar refractivity (Wildman–Crippen MR) is 80.9 cm³/mol. The van der Waals surface area contributed by atoms with Crippen molar-refractivity contribution in [3.63, 3.8) is 0 Å². The van der Waals surface area contributed by atoms with Crippen LogP contribution in [0.4, 0.5) is 4.39 Å². The van der Waals surface area contributed by atoms with Crippen LogP contribution in [0.5, 0.6) is 0 Å². The summed E-state index contributed by atoms with van der Waals surface area (Å²) in [5, 5.41) is 17.3. The molecule has 2 atom stereocenters. The number of halogens is 1. The van der Waals surface area contributed by atoms with Gasteiger partial charge in [-0.25, -0.2) is 4.39 Å². The Morgan fingerprint density at radius 2 is 2.26 bits per heavy atom. The molecule has 1 aromatic heterocycles. The summed E-state index contributed by atoms with van der Waals surface area (Å²) in [6.45, 7) is 1.95. The first-order valence-electron chi connectivity index (χ1n) is 7.40. The molecule has 0 radical (unpaired) electrons. The minimum atomic E-state index is -0.327. The lowest BCUT2D eigenvalue weighted by atomic mass is 10.0. The van der Waals surface area contributed by atoms with Crippen LogP contribution in [-0.4, -0.2) is 46.2 Å². The third-order valence-corrected chi connectivity index (χ3v) is 4.23. The van der Waals surface area contributed by atoms with Crippen molar-refractivity contribution in [1.82, 2.24) is 19.9 Å². The van der Waals surface area contributed by atoms with E-state index in [2.05, 4.69) is 21.3 Å². The van der Waals surface area contributed by atoms with Gasteiger partial charge in [-0.15, -0.1) is 5.10 Å². The van der Waals surface area contributed by atoms with Crippen molar-refractivity contribution in [3.8, 4) is 6.07 Å². The fraction of sp³-hybridized carbons (Fsp3) is 0.438. The zero-order chi connectivity index (χ0) is 16.4. The van der Waals surface area contributed by atoms with E-state index in [1.165, 1.54) is 18.2 Å².